The minimum Gasteiger partial charge on any atom is -0.508 e. The first-order chi connectivity index (χ1) is 14.1. The van der Waals surface area contributed by atoms with Crippen LogP contribution in [0.4, 0.5) is 5.69 Å². The number of ketones is 1. The van der Waals surface area contributed by atoms with Crippen LogP contribution in [0.15, 0.2) is 72.8 Å². The first-order valence-corrected chi connectivity index (χ1v) is 10.1. The number of piperazine rings is 1. The highest BCUT2D eigenvalue weighted by molar-refractivity contribution is 6.30. The predicted octanol–water partition coefficient (Wildman–Crippen LogP) is 4.60. The van der Waals surface area contributed by atoms with Gasteiger partial charge in [-0.05, 0) is 54.1 Å². The summed E-state index contributed by atoms with van der Waals surface area (Å²) in [5, 5.41) is 10.1. The van der Waals surface area contributed by atoms with Crippen molar-refractivity contribution in [2.45, 2.75) is 6.54 Å². The van der Waals surface area contributed by atoms with Gasteiger partial charge in [0.15, 0.2) is 5.78 Å². The molecule has 0 aromatic heterocycles. The number of hydrogen-bond acceptors (Lipinski definition) is 4. The zero-order chi connectivity index (χ0) is 20.2. The van der Waals surface area contributed by atoms with Crippen LogP contribution in [0, 0.1) is 0 Å². The molecule has 0 unspecified atom stereocenters. The average Bonchev–Trinajstić information content (AvgIpc) is 2.76. The molecule has 0 spiro atoms. The third kappa shape index (κ3) is 4.78. The Morgan fingerprint density at radius 3 is 1.93 bits per heavy atom. The maximum absolute atomic E-state index is 12.5. The smallest absolute Gasteiger partial charge is 0.193 e. The molecule has 29 heavy (non-hydrogen) atoms. The van der Waals surface area contributed by atoms with Gasteiger partial charge >= 0.3 is 0 Å². The van der Waals surface area contributed by atoms with E-state index in [9.17, 15) is 9.90 Å². The molecule has 1 fully saturated rings. The summed E-state index contributed by atoms with van der Waals surface area (Å²) in [7, 11) is 0. The number of carbonyl (C=O) groups is 1. The lowest BCUT2D eigenvalue weighted by atomic mass is 10.0. The number of hydrogen-bond donors (Lipinski definition) is 1. The zero-order valence-corrected chi connectivity index (χ0v) is 16.8. The van der Waals surface area contributed by atoms with Crippen molar-refractivity contribution in [3.63, 3.8) is 0 Å². The van der Waals surface area contributed by atoms with E-state index in [0.717, 1.165) is 37.7 Å². The summed E-state index contributed by atoms with van der Waals surface area (Å²) in [4.78, 5) is 17.4. The molecule has 1 heterocycles. The summed E-state index contributed by atoms with van der Waals surface area (Å²) in [5.41, 5.74) is 3.65. The van der Waals surface area contributed by atoms with E-state index in [4.69, 9.17) is 11.6 Å². The fourth-order valence-electron chi connectivity index (χ4n) is 3.62. The van der Waals surface area contributed by atoms with E-state index in [-0.39, 0.29) is 11.5 Å². The van der Waals surface area contributed by atoms with Crippen LogP contribution in [-0.4, -0.2) is 42.0 Å². The van der Waals surface area contributed by atoms with Crippen LogP contribution in [0.5, 0.6) is 5.75 Å². The van der Waals surface area contributed by atoms with Gasteiger partial charge < -0.3 is 10.0 Å². The fourth-order valence-corrected chi connectivity index (χ4v) is 3.74. The highest BCUT2D eigenvalue weighted by atomic mass is 35.5. The molecule has 1 aliphatic heterocycles. The third-order valence-corrected chi connectivity index (χ3v) is 5.57. The monoisotopic (exact) mass is 406 g/mol. The second-order valence-corrected chi connectivity index (χ2v) is 7.75. The molecule has 0 radical (unpaired) electrons. The lowest BCUT2D eigenvalue weighted by Gasteiger charge is -2.36. The number of phenols is 1. The van der Waals surface area contributed by atoms with Crippen LogP contribution in [0.3, 0.4) is 0 Å². The summed E-state index contributed by atoms with van der Waals surface area (Å²) >= 11 is 5.98. The number of carbonyl (C=O) groups excluding carboxylic acids is 1. The largest absolute Gasteiger partial charge is 0.508 e. The van der Waals surface area contributed by atoms with Crippen LogP contribution in [-0.2, 0) is 6.54 Å². The Morgan fingerprint density at radius 1 is 0.793 bits per heavy atom. The van der Waals surface area contributed by atoms with Gasteiger partial charge in [0.2, 0.25) is 0 Å². The Bertz CT molecular complexity index is 961. The summed E-state index contributed by atoms with van der Waals surface area (Å²) in [6.07, 6.45) is 0. The van der Waals surface area contributed by atoms with Gasteiger partial charge in [0.1, 0.15) is 5.75 Å². The van der Waals surface area contributed by atoms with Crippen molar-refractivity contribution in [1.82, 2.24) is 4.90 Å². The molecule has 3 aromatic carbocycles. The minimum absolute atomic E-state index is 0.0341. The molecule has 5 heteroatoms. The van der Waals surface area contributed by atoms with Crippen LogP contribution < -0.4 is 4.90 Å². The van der Waals surface area contributed by atoms with Crippen molar-refractivity contribution in [3.05, 3.63) is 94.5 Å². The molecular formula is C24H23ClN2O2. The summed E-state index contributed by atoms with van der Waals surface area (Å²) in [6, 6.07) is 22.2. The van der Waals surface area contributed by atoms with E-state index in [2.05, 4.69) is 21.9 Å². The topological polar surface area (TPSA) is 43.8 Å². The maximum atomic E-state index is 12.5. The van der Waals surface area contributed by atoms with Gasteiger partial charge in [0.25, 0.3) is 0 Å². The number of nitrogens with zero attached hydrogens (tertiary/aromatic N) is 2. The van der Waals surface area contributed by atoms with E-state index in [1.54, 1.807) is 12.1 Å². The molecule has 4 rings (SSSR count). The normalized spacial score (nSPS) is 14.7. The van der Waals surface area contributed by atoms with E-state index in [0.29, 0.717) is 11.1 Å². The van der Waals surface area contributed by atoms with Gasteiger partial charge in [-0.3, -0.25) is 9.69 Å². The summed E-state index contributed by atoms with van der Waals surface area (Å²) in [6.45, 7) is 4.84. The standard InChI is InChI=1S/C24H23ClN2O2/c25-21-7-9-22(10-8-21)27-15-13-26(14-16-27)17-18-1-3-19(4-2-18)24(29)20-5-11-23(28)12-6-20/h1-12,28H,13-17H2. The van der Waals surface area contributed by atoms with E-state index in [1.807, 2.05) is 36.4 Å². The van der Waals surface area contributed by atoms with Crippen molar-refractivity contribution in [2.75, 3.05) is 31.1 Å². The lowest BCUT2D eigenvalue weighted by molar-refractivity contribution is 0.103. The molecule has 4 nitrogen and oxygen atoms in total. The number of anilines is 1. The molecule has 3 aromatic rings. The Morgan fingerprint density at radius 2 is 1.34 bits per heavy atom. The predicted molar refractivity (Wildman–Crippen MR) is 117 cm³/mol. The number of benzene rings is 3. The second kappa shape index (κ2) is 8.68. The van der Waals surface area contributed by atoms with Crippen molar-refractivity contribution < 1.29 is 9.90 Å². The van der Waals surface area contributed by atoms with Crippen LogP contribution in [0.25, 0.3) is 0 Å². The summed E-state index contributed by atoms with van der Waals surface area (Å²) in [5.74, 6) is 0.126. The van der Waals surface area contributed by atoms with Crippen LogP contribution in [0.1, 0.15) is 21.5 Å². The minimum atomic E-state index is -0.0341. The van der Waals surface area contributed by atoms with Gasteiger partial charge in [-0.1, -0.05) is 35.9 Å². The Kier molecular flexibility index (Phi) is 5.84. The number of rotatable bonds is 5. The lowest BCUT2D eigenvalue weighted by Crippen LogP contribution is -2.45. The molecular weight excluding hydrogens is 384 g/mol. The second-order valence-electron chi connectivity index (χ2n) is 7.31. The number of phenolic OH excluding ortho intramolecular Hbond substituents is 1. The SMILES string of the molecule is O=C(c1ccc(O)cc1)c1ccc(CN2CCN(c3ccc(Cl)cc3)CC2)cc1. The van der Waals surface area contributed by atoms with E-state index < -0.39 is 0 Å². The highest BCUT2D eigenvalue weighted by Gasteiger charge is 2.17. The van der Waals surface area contributed by atoms with Crippen LogP contribution in [0.2, 0.25) is 5.02 Å². The molecule has 0 amide bonds. The Labute approximate surface area is 176 Å². The number of aromatic hydroxyl groups is 1. The molecule has 0 aliphatic carbocycles. The Balaban J connectivity index is 1.33. The van der Waals surface area contributed by atoms with E-state index >= 15 is 0 Å². The number of halogens is 1. The fraction of sp³-hybridized carbons (Fsp3) is 0.208. The molecule has 148 valence electrons. The molecule has 0 atom stereocenters. The van der Waals surface area contributed by atoms with Gasteiger partial charge in [-0.15, -0.1) is 0 Å². The van der Waals surface area contributed by atoms with Crippen molar-refractivity contribution >= 4 is 23.1 Å². The molecule has 1 saturated heterocycles. The highest BCUT2D eigenvalue weighted by Crippen LogP contribution is 2.20. The molecule has 1 aliphatic rings. The third-order valence-electron chi connectivity index (χ3n) is 5.32. The summed E-state index contributed by atoms with van der Waals surface area (Å²) < 4.78 is 0. The average molecular weight is 407 g/mol. The zero-order valence-electron chi connectivity index (χ0n) is 16.1. The van der Waals surface area contributed by atoms with Gasteiger partial charge in [-0.25, -0.2) is 0 Å². The van der Waals surface area contributed by atoms with Crippen molar-refractivity contribution in [1.29, 1.82) is 0 Å². The van der Waals surface area contributed by atoms with E-state index in [1.165, 1.54) is 23.4 Å². The quantitative estimate of drug-likeness (QED) is 0.629. The van der Waals surface area contributed by atoms with Gasteiger partial charge in [-0.2, -0.15) is 0 Å². The van der Waals surface area contributed by atoms with Gasteiger partial charge in [0, 0.05) is 54.6 Å². The first kappa shape index (κ1) is 19.5. The van der Waals surface area contributed by atoms with Crippen LogP contribution >= 0.6 is 11.6 Å². The maximum Gasteiger partial charge on any atom is 0.193 e. The first-order valence-electron chi connectivity index (χ1n) is 9.74. The van der Waals surface area contributed by atoms with Gasteiger partial charge in [0.05, 0.1) is 0 Å². The van der Waals surface area contributed by atoms with Crippen molar-refractivity contribution in [2.24, 2.45) is 0 Å². The Hall–Kier alpha value is -2.82. The molecule has 1 N–H and O–H groups in total. The van der Waals surface area contributed by atoms with Crippen molar-refractivity contribution in [3.8, 4) is 5.75 Å². The molecule has 0 bridgehead atoms. The molecule has 0 saturated carbocycles.